The van der Waals surface area contributed by atoms with Crippen molar-refractivity contribution in [3.63, 3.8) is 0 Å². The lowest BCUT2D eigenvalue weighted by Gasteiger charge is -2.37. The van der Waals surface area contributed by atoms with E-state index >= 15 is 0 Å². The molecular weight excluding hydrogens is 250 g/mol. The normalized spacial score (nSPS) is 19.7. The van der Waals surface area contributed by atoms with Crippen molar-refractivity contribution in [2.75, 3.05) is 18.8 Å². The van der Waals surface area contributed by atoms with E-state index in [9.17, 15) is 4.79 Å². The monoisotopic (exact) mass is 269 g/mol. The van der Waals surface area contributed by atoms with Gasteiger partial charge in [-0.1, -0.05) is 0 Å². The van der Waals surface area contributed by atoms with Crippen LogP contribution in [-0.4, -0.2) is 34.4 Å². The first-order valence-corrected chi connectivity index (χ1v) is 6.95. The third-order valence-corrected chi connectivity index (χ3v) is 4.20. The van der Waals surface area contributed by atoms with Gasteiger partial charge in [-0.25, -0.2) is 5.84 Å². The maximum absolute atomic E-state index is 11.3. The van der Waals surface area contributed by atoms with E-state index in [1.807, 2.05) is 17.8 Å². The van der Waals surface area contributed by atoms with Crippen LogP contribution in [0.5, 0.6) is 0 Å². The number of carbonyl (C=O) groups excluding carboxylic acids is 1. The standard InChI is InChI=1S/C12H19N3O2S/c1-12(2)8-15(5-6-18-12)7-9-3-4-10(17-9)11(16)14-13/h3-4H,5-8,13H2,1-2H3,(H,14,16). The highest BCUT2D eigenvalue weighted by Gasteiger charge is 2.27. The lowest BCUT2D eigenvalue weighted by Crippen LogP contribution is -2.42. The van der Waals surface area contributed by atoms with Gasteiger partial charge >= 0.3 is 5.91 Å². The molecule has 1 fully saturated rings. The molecule has 6 heteroatoms. The first kappa shape index (κ1) is 13.5. The first-order chi connectivity index (χ1) is 8.50. The number of nitrogen functional groups attached to an aromatic ring is 1. The minimum Gasteiger partial charge on any atom is -0.455 e. The van der Waals surface area contributed by atoms with Crippen molar-refractivity contribution >= 4 is 17.7 Å². The molecule has 1 aromatic rings. The number of hydrazine groups is 1. The van der Waals surface area contributed by atoms with Gasteiger partial charge in [-0.15, -0.1) is 0 Å². The summed E-state index contributed by atoms with van der Waals surface area (Å²) in [5.41, 5.74) is 2.06. The van der Waals surface area contributed by atoms with Gasteiger partial charge in [-0.2, -0.15) is 11.8 Å². The smallest absolute Gasteiger partial charge is 0.300 e. The lowest BCUT2D eigenvalue weighted by molar-refractivity contribution is 0.0921. The number of furan rings is 1. The number of hydrogen-bond donors (Lipinski definition) is 2. The molecule has 2 heterocycles. The van der Waals surface area contributed by atoms with Crippen LogP contribution in [0.2, 0.25) is 0 Å². The number of nitrogens with zero attached hydrogens (tertiary/aromatic N) is 1. The second-order valence-corrected chi connectivity index (χ2v) is 6.86. The van der Waals surface area contributed by atoms with Crippen LogP contribution < -0.4 is 11.3 Å². The molecule has 2 rings (SSSR count). The minimum absolute atomic E-state index is 0.262. The molecule has 18 heavy (non-hydrogen) atoms. The van der Waals surface area contributed by atoms with E-state index < -0.39 is 5.91 Å². The summed E-state index contributed by atoms with van der Waals surface area (Å²) >= 11 is 2.00. The molecule has 1 aromatic heterocycles. The fourth-order valence-corrected chi connectivity index (χ4v) is 3.30. The summed E-state index contributed by atoms with van der Waals surface area (Å²) in [6.07, 6.45) is 0. The van der Waals surface area contributed by atoms with Gasteiger partial charge in [0, 0.05) is 23.6 Å². The maximum atomic E-state index is 11.3. The Kier molecular flexibility index (Phi) is 3.99. The maximum Gasteiger partial charge on any atom is 0.300 e. The van der Waals surface area contributed by atoms with Gasteiger partial charge in [0.25, 0.3) is 0 Å². The van der Waals surface area contributed by atoms with E-state index in [-0.39, 0.29) is 10.5 Å². The molecule has 100 valence electrons. The molecule has 0 radical (unpaired) electrons. The summed E-state index contributed by atoms with van der Waals surface area (Å²) in [4.78, 5) is 13.6. The van der Waals surface area contributed by atoms with E-state index in [2.05, 4.69) is 24.2 Å². The SMILES string of the molecule is CC1(C)CN(Cc2ccc(C(=O)NN)o2)CCS1. The largest absolute Gasteiger partial charge is 0.455 e. The van der Waals surface area contributed by atoms with Gasteiger partial charge in [0.15, 0.2) is 5.76 Å². The summed E-state index contributed by atoms with van der Waals surface area (Å²) in [6, 6.07) is 3.49. The highest BCUT2D eigenvalue weighted by atomic mass is 32.2. The average molecular weight is 269 g/mol. The number of nitrogens with one attached hydrogen (secondary N) is 1. The van der Waals surface area contributed by atoms with Gasteiger partial charge in [0.2, 0.25) is 0 Å². The van der Waals surface area contributed by atoms with Crippen molar-refractivity contribution in [1.29, 1.82) is 0 Å². The second kappa shape index (κ2) is 5.34. The zero-order valence-electron chi connectivity index (χ0n) is 10.7. The minimum atomic E-state index is -0.393. The third kappa shape index (κ3) is 3.28. The average Bonchev–Trinajstić information content (AvgIpc) is 2.75. The molecule has 0 saturated carbocycles. The fourth-order valence-electron chi connectivity index (χ4n) is 2.13. The van der Waals surface area contributed by atoms with Crippen LogP contribution in [0.1, 0.15) is 30.2 Å². The summed E-state index contributed by atoms with van der Waals surface area (Å²) in [7, 11) is 0. The number of nitrogens with two attached hydrogens (primary N) is 1. The predicted molar refractivity (Wildman–Crippen MR) is 72.2 cm³/mol. The fraction of sp³-hybridized carbons (Fsp3) is 0.583. The van der Waals surface area contributed by atoms with E-state index in [0.29, 0.717) is 0 Å². The lowest BCUT2D eigenvalue weighted by atomic mass is 10.2. The molecular formula is C12H19N3O2S. The van der Waals surface area contributed by atoms with E-state index in [1.165, 1.54) is 0 Å². The van der Waals surface area contributed by atoms with Crippen LogP contribution in [0.3, 0.4) is 0 Å². The van der Waals surface area contributed by atoms with E-state index in [1.54, 1.807) is 6.07 Å². The summed E-state index contributed by atoms with van der Waals surface area (Å²) in [5.74, 6) is 6.86. The number of carbonyl (C=O) groups is 1. The molecule has 0 aromatic carbocycles. The number of amides is 1. The second-order valence-electron chi connectivity index (χ2n) is 5.06. The topological polar surface area (TPSA) is 71.5 Å². The van der Waals surface area contributed by atoms with Crippen LogP contribution in [-0.2, 0) is 6.54 Å². The van der Waals surface area contributed by atoms with Crippen LogP contribution >= 0.6 is 11.8 Å². The van der Waals surface area contributed by atoms with Crippen LogP contribution in [0.15, 0.2) is 16.5 Å². The zero-order chi connectivity index (χ0) is 13.2. The van der Waals surface area contributed by atoms with Crippen LogP contribution in [0.25, 0.3) is 0 Å². The Morgan fingerprint density at radius 1 is 1.61 bits per heavy atom. The van der Waals surface area contributed by atoms with E-state index in [0.717, 1.165) is 31.1 Å². The van der Waals surface area contributed by atoms with Gasteiger partial charge < -0.3 is 4.42 Å². The third-order valence-electron chi connectivity index (χ3n) is 2.90. The van der Waals surface area contributed by atoms with Crippen LogP contribution in [0.4, 0.5) is 0 Å². The van der Waals surface area contributed by atoms with Crippen LogP contribution in [0, 0.1) is 0 Å². The van der Waals surface area contributed by atoms with Crippen molar-refractivity contribution in [2.24, 2.45) is 5.84 Å². The zero-order valence-corrected chi connectivity index (χ0v) is 11.5. The molecule has 3 N–H and O–H groups in total. The quantitative estimate of drug-likeness (QED) is 0.490. The Morgan fingerprint density at radius 2 is 2.39 bits per heavy atom. The number of rotatable bonds is 3. The number of hydrogen-bond acceptors (Lipinski definition) is 5. The number of thioether (sulfide) groups is 1. The summed E-state index contributed by atoms with van der Waals surface area (Å²) in [5, 5.41) is 0. The molecule has 0 unspecified atom stereocenters. The molecule has 1 aliphatic rings. The molecule has 1 aliphatic heterocycles. The highest BCUT2D eigenvalue weighted by Crippen LogP contribution is 2.30. The molecule has 0 spiro atoms. The Morgan fingerprint density at radius 3 is 3.06 bits per heavy atom. The molecule has 5 nitrogen and oxygen atoms in total. The van der Waals surface area contributed by atoms with Gasteiger partial charge in [-0.05, 0) is 26.0 Å². The van der Waals surface area contributed by atoms with Crippen molar-refractivity contribution < 1.29 is 9.21 Å². The van der Waals surface area contributed by atoms with Gasteiger partial charge in [0.05, 0.1) is 6.54 Å². The van der Waals surface area contributed by atoms with Gasteiger partial charge in [0.1, 0.15) is 5.76 Å². The summed E-state index contributed by atoms with van der Waals surface area (Å²) < 4.78 is 5.75. The Labute approximate surface area is 111 Å². The van der Waals surface area contributed by atoms with Crippen molar-refractivity contribution in [1.82, 2.24) is 10.3 Å². The Hall–Kier alpha value is -0.980. The molecule has 1 saturated heterocycles. The Balaban J connectivity index is 1.97. The van der Waals surface area contributed by atoms with Crippen molar-refractivity contribution in [3.8, 4) is 0 Å². The van der Waals surface area contributed by atoms with E-state index in [4.69, 9.17) is 10.3 Å². The van der Waals surface area contributed by atoms with Gasteiger partial charge in [-0.3, -0.25) is 15.1 Å². The molecule has 1 amide bonds. The Bertz CT molecular complexity index is 431. The predicted octanol–water partition coefficient (Wildman–Crippen LogP) is 1.21. The first-order valence-electron chi connectivity index (χ1n) is 5.96. The highest BCUT2D eigenvalue weighted by molar-refractivity contribution is 8.00. The molecule has 0 atom stereocenters. The van der Waals surface area contributed by atoms with Crippen molar-refractivity contribution in [3.05, 3.63) is 23.7 Å². The van der Waals surface area contributed by atoms with Crippen molar-refractivity contribution in [2.45, 2.75) is 25.1 Å². The molecule has 0 aliphatic carbocycles. The molecule has 0 bridgehead atoms. The summed E-state index contributed by atoms with van der Waals surface area (Å²) in [6.45, 7) is 7.31.